The van der Waals surface area contributed by atoms with Gasteiger partial charge < -0.3 is 20.9 Å². The van der Waals surface area contributed by atoms with E-state index in [9.17, 15) is 4.79 Å². The van der Waals surface area contributed by atoms with Crippen molar-refractivity contribution in [2.45, 2.75) is 19.8 Å². The van der Waals surface area contributed by atoms with Gasteiger partial charge in [-0.3, -0.25) is 4.79 Å². The Balaban J connectivity index is 1.50. The van der Waals surface area contributed by atoms with Crippen molar-refractivity contribution in [3.05, 3.63) is 10.6 Å². The number of nitrogens with zero attached hydrogens (tertiary/aromatic N) is 3. The molecule has 1 aliphatic heterocycles. The van der Waals surface area contributed by atoms with Gasteiger partial charge in [0.15, 0.2) is 5.13 Å². The number of anilines is 1. The van der Waals surface area contributed by atoms with Gasteiger partial charge in [-0.15, -0.1) is 0 Å². The molecule has 1 saturated carbocycles. The average molecular weight is 323 g/mol. The zero-order valence-electron chi connectivity index (χ0n) is 13.4. The lowest BCUT2D eigenvalue weighted by Gasteiger charge is -2.34. The third-order valence-corrected chi connectivity index (χ3v) is 5.74. The van der Waals surface area contributed by atoms with Gasteiger partial charge in [-0.2, -0.15) is 0 Å². The Morgan fingerprint density at radius 1 is 1.36 bits per heavy atom. The first kappa shape index (κ1) is 15.7. The molecule has 3 rings (SSSR count). The number of hydrogen-bond donors (Lipinski definition) is 2. The number of aryl methyl sites for hydroxylation is 1. The van der Waals surface area contributed by atoms with Crippen LogP contribution in [0.25, 0.3) is 0 Å². The van der Waals surface area contributed by atoms with E-state index < -0.39 is 0 Å². The number of piperazine rings is 1. The van der Waals surface area contributed by atoms with Gasteiger partial charge in [0.2, 0.25) is 0 Å². The molecule has 0 aromatic carbocycles. The van der Waals surface area contributed by atoms with Crippen LogP contribution in [0.1, 0.15) is 28.2 Å². The van der Waals surface area contributed by atoms with Crippen LogP contribution >= 0.6 is 11.3 Å². The van der Waals surface area contributed by atoms with Crippen molar-refractivity contribution >= 4 is 22.4 Å². The summed E-state index contributed by atoms with van der Waals surface area (Å²) in [4.78, 5) is 21.9. The molecule has 2 aliphatic rings. The minimum Gasteiger partial charge on any atom is -0.375 e. The van der Waals surface area contributed by atoms with Crippen LogP contribution in [0.3, 0.4) is 0 Å². The highest BCUT2D eigenvalue weighted by Gasteiger charge is 2.44. The first-order chi connectivity index (χ1) is 10.5. The summed E-state index contributed by atoms with van der Waals surface area (Å²) < 4.78 is 0. The van der Waals surface area contributed by atoms with E-state index >= 15 is 0 Å². The van der Waals surface area contributed by atoms with E-state index in [1.807, 2.05) is 6.92 Å². The van der Waals surface area contributed by atoms with Crippen molar-refractivity contribution in [3.8, 4) is 0 Å². The fourth-order valence-corrected chi connectivity index (χ4v) is 3.77. The summed E-state index contributed by atoms with van der Waals surface area (Å²) in [5.41, 5.74) is 6.68. The third-order valence-electron chi connectivity index (χ3n) is 4.76. The molecular formula is C15H25N5OS. The number of rotatable bonds is 5. The predicted molar refractivity (Wildman–Crippen MR) is 89.2 cm³/mol. The lowest BCUT2D eigenvalue weighted by molar-refractivity contribution is 0.0930. The molecule has 2 heterocycles. The standard InChI is InChI=1S/C15H25N5OS/c1-11-12(22-14(16)18-11)13(21)17-9-15(3-4-15)10-20-7-5-19(2)6-8-20/h3-10H2,1-2H3,(H2,16,18)(H,17,21). The number of carbonyl (C=O) groups excluding carboxylic acids is 1. The number of hydrogen-bond acceptors (Lipinski definition) is 6. The molecule has 0 bridgehead atoms. The Labute approximate surface area is 135 Å². The molecule has 122 valence electrons. The first-order valence-corrected chi connectivity index (χ1v) is 8.71. The highest BCUT2D eigenvalue weighted by atomic mass is 32.1. The van der Waals surface area contributed by atoms with Crippen LogP contribution in [0.5, 0.6) is 0 Å². The van der Waals surface area contributed by atoms with Gasteiger partial charge in [0.05, 0.1) is 5.69 Å². The van der Waals surface area contributed by atoms with Crippen molar-refractivity contribution in [1.29, 1.82) is 0 Å². The topological polar surface area (TPSA) is 74.5 Å². The molecular weight excluding hydrogens is 298 g/mol. The molecule has 6 nitrogen and oxygen atoms in total. The number of aromatic nitrogens is 1. The van der Waals surface area contributed by atoms with Crippen molar-refractivity contribution in [1.82, 2.24) is 20.1 Å². The minimum atomic E-state index is -0.0312. The maximum Gasteiger partial charge on any atom is 0.263 e. The molecule has 7 heteroatoms. The molecule has 1 aromatic rings. The predicted octanol–water partition coefficient (Wildman–Crippen LogP) is 0.791. The summed E-state index contributed by atoms with van der Waals surface area (Å²) in [5.74, 6) is -0.0312. The smallest absolute Gasteiger partial charge is 0.263 e. The van der Waals surface area contributed by atoms with E-state index in [0.717, 1.165) is 45.0 Å². The van der Waals surface area contributed by atoms with Gasteiger partial charge in [-0.05, 0) is 26.8 Å². The summed E-state index contributed by atoms with van der Waals surface area (Å²) in [7, 11) is 2.17. The van der Waals surface area contributed by atoms with Crippen LogP contribution < -0.4 is 11.1 Å². The number of nitrogen functional groups attached to an aromatic ring is 1. The molecule has 1 aromatic heterocycles. The highest BCUT2D eigenvalue weighted by molar-refractivity contribution is 7.17. The van der Waals surface area contributed by atoms with Crippen molar-refractivity contribution in [2.75, 3.05) is 52.0 Å². The molecule has 1 amide bonds. The molecule has 3 N–H and O–H groups in total. The zero-order chi connectivity index (χ0) is 15.7. The summed E-state index contributed by atoms with van der Waals surface area (Å²) >= 11 is 1.27. The largest absolute Gasteiger partial charge is 0.375 e. The second-order valence-corrected chi connectivity index (χ2v) is 7.76. The van der Waals surface area contributed by atoms with Crippen LogP contribution in [0.4, 0.5) is 5.13 Å². The number of nitrogens with one attached hydrogen (secondary N) is 1. The van der Waals surface area contributed by atoms with Gasteiger partial charge in [0, 0.05) is 44.7 Å². The van der Waals surface area contributed by atoms with Crippen molar-refractivity contribution in [2.24, 2.45) is 5.41 Å². The van der Waals surface area contributed by atoms with Crippen LogP contribution in [0, 0.1) is 12.3 Å². The number of thiazole rings is 1. The summed E-state index contributed by atoms with van der Waals surface area (Å²) in [6.45, 7) is 8.25. The monoisotopic (exact) mass is 323 g/mol. The van der Waals surface area contributed by atoms with Gasteiger partial charge in [0.1, 0.15) is 4.88 Å². The second-order valence-electron chi connectivity index (χ2n) is 6.73. The fourth-order valence-electron chi connectivity index (χ4n) is 3.02. The molecule has 2 fully saturated rings. The van der Waals surface area contributed by atoms with E-state index in [4.69, 9.17) is 5.73 Å². The summed E-state index contributed by atoms with van der Waals surface area (Å²) in [6.07, 6.45) is 2.42. The molecule has 1 aliphatic carbocycles. The Kier molecular flexibility index (Phi) is 4.38. The zero-order valence-corrected chi connectivity index (χ0v) is 14.2. The van der Waals surface area contributed by atoms with E-state index in [1.54, 1.807) is 0 Å². The van der Waals surface area contributed by atoms with Gasteiger partial charge in [-0.25, -0.2) is 4.98 Å². The van der Waals surface area contributed by atoms with E-state index in [1.165, 1.54) is 24.2 Å². The highest BCUT2D eigenvalue weighted by Crippen LogP contribution is 2.45. The minimum absolute atomic E-state index is 0.0312. The SMILES string of the molecule is Cc1nc(N)sc1C(=O)NCC1(CN2CCN(C)CC2)CC1. The maximum atomic E-state index is 12.3. The van der Waals surface area contributed by atoms with Gasteiger partial charge in [-0.1, -0.05) is 11.3 Å². The van der Waals surface area contributed by atoms with Crippen LogP contribution in [-0.4, -0.2) is 67.0 Å². The average Bonchev–Trinajstić information content (AvgIpc) is 3.16. The third kappa shape index (κ3) is 3.59. The molecule has 1 saturated heterocycles. The van der Waals surface area contributed by atoms with Crippen LogP contribution in [0.15, 0.2) is 0 Å². The fraction of sp³-hybridized carbons (Fsp3) is 0.733. The van der Waals surface area contributed by atoms with Gasteiger partial charge in [0.25, 0.3) is 5.91 Å². The van der Waals surface area contributed by atoms with Crippen molar-refractivity contribution < 1.29 is 4.79 Å². The van der Waals surface area contributed by atoms with E-state index in [0.29, 0.717) is 10.0 Å². The lowest BCUT2D eigenvalue weighted by Crippen LogP contribution is -2.47. The van der Waals surface area contributed by atoms with Crippen LogP contribution in [0.2, 0.25) is 0 Å². The van der Waals surface area contributed by atoms with E-state index in [-0.39, 0.29) is 11.3 Å². The second kappa shape index (κ2) is 6.14. The Hall–Kier alpha value is -1.18. The van der Waals surface area contributed by atoms with Gasteiger partial charge >= 0.3 is 0 Å². The maximum absolute atomic E-state index is 12.3. The van der Waals surface area contributed by atoms with Crippen LogP contribution in [-0.2, 0) is 0 Å². The lowest BCUT2D eigenvalue weighted by atomic mass is 10.1. The summed E-state index contributed by atoms with van der Waals surface area (Å²) in [5, 5.41) is 3.55. The number of nitrogens with two attached hydrogens (primary N) is 1. The Bertz CT molecular complexity index is 546. The molecule has 0 atom stereocenters. The first-order valence-electron chi connectivity index (χ1n) is 7.89. The Morgan fingerprint density at radius 3 is 2.59 bits per heavy atom. The Morgan fingerprint density at radius 2 is 2.05 bits per heavy atom. The molecule has 0 spiro atoms. The molecule has 0 radical (unpaired) electrons. The normalized spacial score (nSPS) is 21.7. The number of amides is 1. The summed E-state index contributed by atoms with van der Waals surface area (Å²) in [6, 6.07) is 0. The number of likely N-dealkylation sites (N-methyl/N-ethyl adjacent to an activating group) is 1. The van der Waals surface area contributed by atoms with Crippen molar-refractivity contribution in [3.63, 3.8) is 0 Å². The molecule has 22 heavy (non-hydrogen) atoms. The number of carbonyl (C=O) groups is 1. The quantitative estimate of drug-likeness (QED) is 0.838. The molecule has 0 unspecified atom stereocenters. The van der Waals surface area contributed by atoms with E-state index in [2.05, 4.69) is 27.1 Å².